The van der Waals surface area contributed by atoms with Gasteiger partial charge in [0.05, 0.1) is 0 Å². The zero-order valence-electron chi connectivity index (χ0n) is 10.3. The predicted molar refractivity (Wildman–Crippen MR) is 64.1 cm³/mol. The molecule has 5 nitrogen and oxygen atoms in total. The van der Waals surface area contributed by atoms with Gasteiger partial charge in [0, 0.05) is 19.2 Å². The fourth-order valence-electron chi connectivity index (χ4n) is 1.52. The van der Waals surface area contributed by atoms with Gasteiger partial charge in [0.15, 0.2) is 0 Å². The Bertz CT molecular complexity index is 441. The number of hydrogen-bond donors (Lipinski definition) is 1. The van der Waals surface area contributed by atoms with E-state index in [1.807, 2.05) is 0 Å². The number of aromatic nitrogens is 2. The zero-order valence-corrected chi connectivity index (χ0v) is 10.3. The highest BCUT2D eigenvalue weighted by molar-refractivity contribution is 5.81. The summed E-state index contributed by atoms with van der Waals surface area (Å²) in [6.45, 7) is 3.32. The average Bonchev–Trinajstić information content (AvgIpc) is 3.11. The highest BCUT2D eigenvalue weighted by Crippen LogP contribution is 2.38. The van der Waals surface area contributed by atoms with Crippen LogP contribution in [0.3, 0.4) is 0 Å². The number of likely N-dealkylation sites (N-methyl/N-ethyl adjacent to an activating group) is 1. The summed E-state index contributed by atoms with van der Waals surface area (Å²) in [5.74, 6) is 1.09. The first-order valence-electron chi connectivity index (χ1n) is 5.73. The number of aliphatic carboxylic acids is 1. The van der Waals surface area contributed by atoms with Gasteiger partial charge in [-0.25, -0.2) is 14.8 Å². The van der Waals surface area contributed by atoms with Gasteiger partial charge in [-0.05, 0) is 32.8 Å². The molecule has 1 N–H and O–H groups in total. The molecule has 1 saturated carbocycles. The molecule has 0 aliphatic heterocycles. The summed E-state index contributed by atoms with van der Waals surface area (Å²) < 4.78 is 0. The van der Waals surface area contributed by atoms with Crippen molar-refractivity contribution in [2.75, 3.05) is 11.9 Å². The largest absolute Gasteiger partial charge is 0.480 e. The maximum atomic E-state index is 11.2. The molecule has 2 rings (SSSR count). The highest BCUT2D eigenvalue weighted by Gasteiger charge is 2.34. The van der Waals surface area contributed by atoms with Crippen LogP contribution in [0.15, 0.2) is 12.3 Å². The van der Waals surface area contributed by atoms with E-state index in [2.05, 4.69) is 9.97 Å². The van der Waals surface area contributed by atoms with E-state index < -0.39 is 11.5 Å². The Balaban J connectivity index is 2.27. The van der Waals surface area contributed by atoms with Crippen LogP contribution in [0.25, 0.3) is 0 Å². The summed E-state index contributed by atoms with van der Waals surface area (Å²) in [5, 5.41) is 9.18. The van der Waals surface area contributed by atoms with E-state index in [0.717, 1.165) is 18.7 Å². The van der Waals surface area contributed by atoms with Gasteiger partial charge in [0.2, 0.25) is 0 Å². The lowest BCUT2D eigenvalue weighted by Crippen LogP contribution is -2.48. The molecule has 1 aliphatic carbocycles. The van der Waals surface area contributed by atoms with Crippen molar-refractivity contribution in [3.63, 3.8) is 0 Å². The smallest absolute Gasteiger partial charge is 0.328 e. The topological polar surface area (TPSA) is 66.3 Å². The third-order valence-corrected chi connectivity index (χ3v) is 3.31. The number of carboxylic acid groups (broad SMARTS) is 1. The molecule has 5 heteroatoms. The van der Waals surface area contributed by atoms with Crippen LogP contribution < -0.4 is 4.90 Å². The molecule has 0 aromatic carbocycles. The van der Waals surface area contributed by atoms with Crippen molar-refractivity contribution in [1.82, 2.24) is 9.97 Å². The molecule has 0 amide bonds. The van der Waals surface area contributed by atoms with Crippen LogP contribution in [-0.4, -0.2) is 33.6 Å². The molecule has 92 valence electrons. The van der Waals surface area contributed by atoms with Crippen LogP contribution in [0.4, 0.5) is 5.82 Å². The molecule has 17 heavy (non-hydrogen) atoms. The van der Waals surface area contributed by atoms with Gasteiger partial charge in [0.25, 0.3) is 0 Å². The fraction of sp³-hybridized carbons (Fsp3) is 0.583. The second-order valence-corrected chi connectivity index (χ2v) is 4.97. The molecule has 1 aromatic rings. The van der Waals surface area contributed by atoms with E-state index in [9.17, 15) is 9.90 Å². The standard InChI is InChI=1S/C12H17N3O2/c1-12(2,11(16)17)15(3)9-6-7-13-10(14-9)8-4-5-8/h6-8H,4-5H2,1-3H3,(H,16,17). The van der Waals surface area contributed by atoms with Crippen molar-refractivity contribution in [2.24, 2.45) is 0 Å². The van der Waals surface area contributed by atoms with Crippen molar-refractivity contribution >= 4 is 11.8 Å². The van der Waals surface area contributed by atoms with Gasteiger partial charge < -0.3 is 10.0 Å². The predicted octanol–water partition coefficient (Wildman–Crippen LogP) is 1.65. The number of carboxylic acids is 1. The van der Waals surface area contributed by atoms with E-state index in [0.29, 0.717) is 11.7 Å². The zero-order chi connectivity index (χ0) is 12.6. The molecular weight excluding hydrogens is 218 g/mol. The molecule has 1 aliphatic rings. The molecule has 0 spiro atoms. The van der Waals surface area contributed by atoms with Crippen LogP contribution in [0, 0.1) is 0 Å². The van der Waals surface area contributed by atoms with Gasteiger partial charge in [-0.1, -0.05) is 0 Å². The second kappa shape index (κ2) is 3.98. The summed E-state index contributed by atoms with van der Waals surface area (Å²) in [4.78, 5) is 21.5. The first kappa shape index (κ1) is 11.8. The Labute approximate surface area is 100 Å². The maximum absolute atomic E-state index is 11.2. The van der Waals surface area contributed by atoms with E-state index in [1.165, 1.54) is 0 Å². The summed E-state index contributed by atoms with van der Waals surface area (Å²) in [5.41, 5.74) is -0.977. The molecule has 0 radical (unpaired) electrons. The normalized spacial score (nSPS) is 15.7. The summed E-state index contributed by atoms with van der Waals surface area (Å²) in [6.07, 6.45) is 3.97. The van der Waals surface area contributed by atoms with Crippen molar-refractivity contribution in [1.29, 1.82) is 0 Å². The lowest BCUT2D eigenvalue weighted by molar-refractivity contribution is -0.142. The number of nitrogens with zero attached hydrogens (tertiary/aromatic N) is 3. The van der Waals surface area contributed by atoms with Crippen molar-refractivity contribution in [3.8, 4) is 0 Å². The van der Waals surface area contributed by atoms with E-state index >= 15 is 0 Å². The Morgan fingerprint density at radius 2 is 2.18 bits per heavy atom. The first-order chi connectivity index (χ1) is 7.93. The summed E-state index contributed by atoms with van der Waals surface area (Å²) >= 11 is 0. The Kier molecular flexibility index (Phi) is 2.77. The fourth-order valence-corrected chi connectivity index (χ4v) is 1.52. The minimum atomic E-state index is -0.977. The average molecular weight is 235 g/mol. The monoisotopic (exact) mass is 235 g/mol. The van der Waals surface area contributed by atoms with Gasteiger partial charge in [0.1, 0.15) is 17.2 Å². The van der Waals surface area contributed by atoms with Crippen LogP contribution in [0.5, 0.6) is 0 Å². The number of hydrogen-bond acceptors (Lipinski definition) is 4. The molecule has 0 atom stereocenters. The van der Waals surface area contributed by atoms with Crippen LogP contribution in [0.2, 0.25) is 0 Å². The Morgan fingerprint density at radius 1 is 1.53 bits per heavy atom. The SMILES string of the molecule is CN(c1ccnc(C2CC2)n1)C(C)(C)C(=O)O. The molecular formula is C12H17N3O2. The van der Waals surface area contributed by atoms with Crippen molar-refractivity contribution < 1.29 is 9.90 Å². The van der Waals surface area contributed by atoms with Gasteiger partial charge in [-0.3, -0.25) is 0 Å². The van der Waals surface area contributed by atoms with Gasteiger partial charge >= 0.3 is 5.97 Å². The first-order valence-corrected chi connectivity index (χ1v) is 5.73. The quantitative estimate of drug-likeness (QED) is 0.859. The molecule has 1 aromatic heterocycles. The molecule has 0 saturated heterocycles. The van der Waals surface area contributed by atoms with Crippen LogP contribution in [-0.2, 0) is 4.79 Å². The molecule has 1 heterocycles. The third kappa shape index (κ3) is 2.23. The van der Waals surface area contributed by atoms with Gasteiger partial charge in [-0.15, -0.1) is 0 Å². The molecule has 0 bridgehead atoms. The van der Waals surface area contributed by atoms with Crippen molar-refractivity contribution in [3.05, 3.63) is 18.1 Å². The summed E-state index contributed by atoms with van der Waals surface area (Å²) in [7, 11) is 1.74. The Morgan fingerprint density at radius 3 is 2.71 bits per heavy atom. The van der Waals surface area contributed by atoms with Gasteiger partial charge in [-0.2, -0.15) is 0 Å². The minimum absolute atomic E-state index is 0.469. The third-order valence-electron chi connectivity index (χ3n) is 3.31. The van der Waals surface area contributed by atoms with E-state index in [-0.39, 0.29) is 0 Å². The highest BCUT2D eigenvalue weighted by atomic mass is 16.4. The number of anilines is 1. The number of rotatable bonds is 4. The molecule has 1 fully saturated rings. The Hall–Kier alpha value is -1.65. The van der Waals surface area contributed by atoms with Crippen LogP contribution in [0.1, 0.15) is 38.4 Å². The summed E-state index contributed by atoms with van der Waals surface area (Å²) in [6, 6.07) is 1.75. The number of carbonyl (C=O) groups is 1. The van der Waals surface area contributed by atoms with E-state index in [4.69, 9.17) is 0 Å². The second-order valence-electron chi connectivity index (χ2n) is 4.97. The molecule has 0 unspecified atom stereocenters. The van der Waals surface area contributed by atoms with Crippen LogP contribution >= 0.6 is 0 Å². The minimum Gasteiger partial charge on any atom is -0.480 e. The lowest BCUT2D eigenvalue weighted by atomic mass is 10.0. The lowest BCUT2D eigenvalue weighted by Gasteiger charge is -2.32. The maximum Gasteiger partial charge on any atom is 0.328 e. The van der Waals surface area contributed by atoms with Crippen molar-refractivity contribution in [2.45, 2.75) is 38.1 Å². The van der Waals surface area contributed by atoms with E-state index in [1.54, 1.807) is 38.1 Å².